The second-order valence-corrected chi connectivity index (χ2v) is 7.75. The van der Waals surface area contributed by atoms with Gasteiger partial charge in [-0.15, -0.1) is 5.10 Å². The molecule has 170 valence electrons. The summed E-state index contributed by atoms with van der Waals surface area (Å²) in [5.74, 6) is 1.01. The monoisotopic (exact) mass is 456 g/mol. The maximum absolute atomic E-state index is 13.7. The number of aromatic nitrogens is 4. The maximum atomic E-state index is 13.7. The van der Waals surface area contributed by atoms with Crippen LogP contribution >= 0.6 is 0 Å². The molecule has 1 aliphatic rings. The molecular formula is C25H21FN6O2. The van der Waals surface area contributed by atoms with Gasteiger partial charge in [-0.2, -0.15) is 4.98 Å². The molecule has 5 rings (SSSR count). The molecule has 0 saturated carbocycles. The molecule has 8 nitrogen and oxygen atoms in total. The van der Waals surface area contributed by atoms with Crippen molar-refractivity contribution < 1.29 is 13.9 Å². The molecule has 1 aliphatic heterocycles. The lowest BCUT2D eigenvalue weighted by Gasteiger charge is -2.28. The van der Waals surface area contributed by atoms with Gasteiger partial charge in [-0.05, 0) is 61.0 Å². The molecule has 3 heterocycles. The summed E-state index contributed by atoms with van der Waals surface area (Å²) >= 11 is 0. The van der Waals surface area contributed by atoms with Gasteiger partial charge >= 0.3 is 0 Å². The Morgan fingerprint density at radius 1 is 1.12 bits per heavy atom. The van der Waals surface area contributed by atoms with E-state index in [1.165, 1.54) is 12.1 Å². The lowest BCUT2D eigenvalue weighted by Crippen LogP contribution is -2.31. The van der Waals surface area contributed by atoms with E-state index in [1.807, 2.05) is 24.3 Å². The van der Waals surface area contributed by atoms with Crippen molar-refractivity contribution in [1.29, 1.82) is 0 Å². The predicted octanol–water partition coefficient (Wildman–Crippen LogP) is 4.42. The van der Waals surface area contributed by atoms with E-state index in [-0.39, 0.29) is 11.7 Å². The fourth-order valence-electron chi connectivity index (χ4n) is 3.90. The number of ether oxygens (including phenoxy) is 1. The van der Waals surface area contributed by atoms with Gasteiger partial charge in [0, 0.05) is 17.5 Å². The van der Waals surface area contributed by atoms with E-state index in [1.54, 1.807) is 55.4 Å². The van der Waals surface area contributed by atoms with Crippen molar-refractivity contribution >= 4 is 17.5 Å². The number of carbonyl (C=O) groups is 1. The molecule has 0 unspecified atom stereocenters. The Kier molecular flexibility index (Phi) is 5.51. The summed E-state index contributed by atoms with van der Waals surface area (Å²) in [7, 11) is 1.60. The predicted molar refractivity (Wildman–Crippen MR) is 126 cm³/mol. The Labute approximate surface area is 195 Å². The maximum Gasteiger partial charge on any atom is 0.255 e. The Balaban J connectivity index is 1.58. The Bertz CT molecular complexity index is 1370. The van der Waals surface area contributed by atoms with Gasteiger partial charge in [0.15, 0.2) is 5.82 Å². The molecule has 1 atom stereocenters. The van der Waals surface area contributed by atoms with Gasteiger partial charge in [-0.1, -0.05) is 12.1 Å². The number of benzene rings is 2. The molecule has 0 spiro atoms. The lowest BCUT2D eigenvalue weighted by molar-refractivity contribution is -0.113. The highest BCUT2D eigenvalue weighted by Crippen LogP contribution is 2.37. The van der Waals surface area contributed by atoms with Crippen LogP contribution in [0, 0.1) is 5.82 Å². The van der Waals surface area contributed by atoms with Crippen LogP contribution in [0.4, 0.5) is 16.0 Å². The van der Waals surface area contributed by atoms with E-state index in [4.69, 9.17) is 9.84 Å². The number of halogens is 1. The number of anilines is 2. The Morgan fingerprint density at radius 3 is 2.56 bits per heavy atom. The first-order valence-electron chi connectivity index (χ1n) is 10.6. The average molecular weight is 456 g/mol. The number of hydrogen-bond acceptors (Lipinski definition) is 6. The fraction of sp³-hybridized carbons (Fsp3) is 0.120. The van der Waals surface area contributed by atoms with E-state index >= 15 is 0 Å². The highest BCUT2D eigenvalue weighted by atomic mass is 19.1. The second kappa shape index (κ2) is 8.78. The molecule has 0 radical (unpaired) electrons. The number of nitrogens with zero attached hydrogens (tertiary/aromatic N) is 4. The van der Waals surface area contributed by atoms with E-state index in [0.29, 0.717) is 34.3 Å². The van der Waals surface area contributed by atoms with Crippen LogP contribution in [0.15, 0.2) is 84.3 Å². The number of allylic oxidation sites excluding steroid dienone is 1. The summed E-state index contributed by atoms with van der Waals surface area (Å²) in [5.41, 5.74) is 3.12. The second-order valence-electron chi connectivity index (χ2n) is 7.75. The summed E-state index contributed by atoms with van der Waals surface area (Å²) in [6.45, 7) is 1.81. The minimum absolute atomic E-state index is 0.320. The van der Waals surface area contributed by atoms with Gasteiger partial charge in [0.2, 0.25) is 5.95 Å². The lowest BCUT2D eigenvalue weighted by atomic mass is 9.95. The summed E-state index contributed by atoms with van der Waals surface area (Å²) in [6.07, 6.45) is 3.20. The standard InChI is InChI=1S/C25H21FN6O2/c1-15-21(24(33)29-19-4-3-13-27-14-19)22(16-5-9-18(26)10-6-16)32-25(28-15)30-23(31-32)17-7-11-20(34-2)12-8-17/h3-14,22H,1-2H3,(H,29,33)(H,28,30,31)/t22-/m1/s1. The van der Waals surface area contributed by atoms with Gasteiger partial charge in [0.25, 0.3) is 5.91 Å². The minimum atomic E-state index is -0.618. The molecule has 2 N–H and O–H groups in total. The van der Waals surface area contributed by atoms with Crippen molar-refractivity contribution in [1.82, 2.24) is 19.7 Å². The van der Waals surface area contributed by atoms with Crippen LogP contribution in [0.5, 0.6) is 5.75 Å². The zero-order chi connectivity index (χ0) is 23.7. The number of nitrogens with one attached hydrogen (secondary N) is 2. The van der Waals surface area contributed by atoms with Crippen LogP contribution in [0.2, 0.25) is 0 Å². The average Bonchev–Trinajstić information content (AvgIpc) is 3.28. The van der Waals surface area contributed by atoms with E-state index in [2.05, 4.69) is 20.6 Å². The topological polar surface area (TPSA) is 94.0 Å². The number of methoxy groups -OCH3 is 1. The molecule has 0 aliphatic carbocycles. The Hall–Kier alpha value is -4.53. The van der Waals surface area contributed by atoms with Crippen LogP contribution in [-0.4, -0.2) is 32.8 Å². The largest absolute Gasteiger partial charge is 0.497 e. The third kappa shape index (κ3) is 3.99. The van der Waals surface area contributed by atoms with Crippen molar-refractivity contribution in [3.8, 4) is 17.1 Å². The van der Waals surface area contributed by atoms with Crippen LogP contribution in [-0.2, 0) is 4.79 Å². The van der Waals surface area contributed by atoms with E-state index in [9.17, 15) is 9.18 Å². The van der Waals surface area contributed by atoms with Crippen LogP contribution in [0.1, 0.15) is 18.5 Å². The van der Waals surface area contributed by atoms with Crippen molar-refractivity contribution in [2.24, 2.45) is 0 Å². The number of fused-ring (bicyclic) bond motifs is 1. The molecule has 4 aromatic rings. The quantitative estimate of drug-likeness (QED) is 0.462. The van der Waals surface area contributed by atoms with Crippen molar-refractivity contribution in [2.45, 2.75) is 13.0 Å². The third-order valence-electron chi connectivity index (χ3n) is 5.55. The zero-order valence-corrected chi connectivity index (χ0v) is 18.5. The van der Waals surface area contributed by atoms with E-state index in [0.717, 1.165) is 11.3 Å². The molecular weight excluding hydrogens is 435 g/mol. The van der Waals surface area contributed by atoms with Crippen LogP contribution in [0.3, 0.4) is 0 Å². The molecule has 0 bridgehead atoms. The van der Waals surface area contributed by atoms with Crippen molar-refractivity contribution in [3.05, 3.63) is 95.7 Å². The fourth-order valence-corrected chi connectivity index (χ4v) is 3.90. The first-order chi connectivity index (χ1) is 16.5. The smallest absolute Gasteiger partial charge is 0.255 e. The van der Waals surface area contributed by atoms with Gasteiger partial charge in [-0.3, -0.25) is 9.78 Å². The molecule has 9 heteroatoms. The number of rotatable bonds is 5. The van der Waals surface area contributed by atoms with Gasteiger partial charge in [0.05, 0.1) is 24.6 Å². The molecule has 0 fully saturated rings. The summed E-state index contributed by atoms with van der Waals surface area (Å²) in [4.78, 5) is 22.1. The van der Waals surface area contributed by atoms with Crippen molar-refractivity contribution in [3.63, 3.8) is 0 Å². The number of carbonyl (C=O) groups excluding carboxylic acids is 1. The number of hydrogen-bond donors (Lipinski definition) is 2. The summed E-state index contributed by atoms with van der Waals surface area (Å²) < 4.78 is 20.6. The molecule has 2 aromatic carbocycles. The van der Waals surface area contributed by atoms with Crippen LogP contribution < -0.4 is 15.4 Å². The normalized spacial score (nSPS) is 14.9. The highest BCUT2D eigenvalue weighted by Gasteiger charge is 2.34. The van der Waals surface area contributed by atoms with E-state index < -0.39 is 6.04 Å². The van der Waals surface area contributed by atoms with Crippen molar-refractivity contribution in [2.75, 3.05) is 17.7 Å². The van der Waals surface area contributed by atoms with Gasteiger partial charge in [0.1, 0.15) is 17.6 Å². The van der Waals surface area contributed by atoms with Gasteiger partial charge in [-0.25, -0.2) is 9.07 Å². The number of amides is 1. The third-order valence-corrected chi connectivity index (χ3v) is 5.55. The molecule has 2 aromatic heterocycles. The first-order valence-corrected chi connectivity index (χ1v) is 10.6. The number of pyridine rings is 1. The summed E-state index contributed by atoms with van der Waals surface area (Å²) in [6, 6.07) is 16.3. The van der Waals surface area contributed by atoms with Crippen LogP contribution in [0.25, 0.3) is 11.4 Å². The molecule has 0 saturated heterocycles. The first kappa shape index (κ1) is 21.3. The zero-order valence-electron chi connectivity index (χ0n) is 18.5. The molecule has 34 heavy (non-hydrogen) atoms. The minimum Gasteiger partial charge on any atom is -0.497 e. The highest BCUT2D eigenvalue weighted by molar-refractivity contribution is 6.05. The Morgan fingerprint density at radius 2 is 1.88 bits per heavy atom. The van der Waals surface area contributed by atoms with Gasteiger partial charge < -0.3 is 15.4 Å². The summed E-state index contributed by atoms with van der Waals surface area (Å²) in [5, 5.41) is 10.8. The molecule has 1 amide bonds. The SMILES string of the molecule is COc1ccc(-c2nc3n(n2)[C@H](c2ccc(F)cc2)C(C(=O)Nc2cccnc2)=C(C)N3)cc1.